The number of hydrogen-bond acceptors (Lipinski definition) is 2. The Morgan fingerprint density at radius 3 is 3.18 bits per heavy atom. The minimum absolute atomic E-state index is 0.537. The van der Waals surface area contributed by atoms with E-state index in [1.165, 1.54) is 24.0 Å². The number of nitrogens with one attached hydrogen (secondary N) is 1. The van der Waals surface area contributed by atoms with E-state index in [-0.39, 0.29) is 0 Å². The van der Waals surface area contributed by atoms with Gasteiger partial charge in [0.1, 0.15) is 0 Å². The lowest BCUT2D eigenvalue weighted by Gasteiger charge is -2.14. The Hall–Kier alpha value is -1.61. The van der Waals surface area contributed by atoms with Crippen LogP contribution in [0, 0.1) is 0 Å². The highest BCUT2D eigenvalue weighted by molar-refractivity contribution is 5.34. The Labute approximate surface area is 101 Å². The van der Waals surface area contributed by atoms with E-state index in [9.17, 15) is 0 Å². The number of rotatable bonds is 4. The fraction of sp³-hybridized carbons (Fsp3) is 0.357. The van der Waals surface area contributed by atoms with E-state index in [0.717, 1.165) is 13.1 Å². The van der Waals surface area contributed by atoms with Gasteiger partial charge in [0.15, 0.2) is 0 Å². The van der Waals surface area contributed by atoms with Crippen LogP contribution in [0.2, 0.25) is 0 Å². The number of imidazole rings is 1. The van der Waals surface area contributed by atoms with Gasteiger partial charge in [-0.1, -0.05) is 24.3 Å². The van der Waals surface area contributed by atoms with Crippen LogP contribution in [0.15, 0.2) is 43.0 Å². The number of fused-ring (bicyclic) bond motifs is 1. The molecule has 0 bridgehead atoms. The molecule has 1 aliphatic rings. The van der Waals surface area contributed by atoms with Crippen molar-refractivity contribution in [3.63, 3.8) is 0 Å². The summed E-state index contributed by atoms with van der Waals surface area (Å²) in [5, 5.41) is 3.63. The number of aromatic nitrogens is 2. The Morgan fingerprint density at radius 1 is 1.35 bits per heavy atom. The first-order valence-electron chi connectivity index (χ1n) is 6.20. The smallest absolute Gasteiger partial charge is 0.0946 e. The molecule has 0 saturated carbocycles. The molecule has 1 heterocycles. The van der Waals surface area contributed by atoms with E-state index in [0.29, 0.717) is 6.04 Å². The van der Waals surface area contributed by atoms with Crippen LogP contribution in [0.3, 0.4) is 0 Å². The summed E-state index contributed by atoms with van der Waals surface area (Å²) < 4.78 is 2.11. The summed E-state index contributed by atoms with van der Waals surface area (Å²) in [5.74, 6) is 0. The number of benzene rings is 1. The van der Waals surface area contributed by atoms with E-state index in [4.69, 9.17) is 0 Å². The van der Waals surface area contributed by atoms with Crippen molar-refractivity contribution in [3.05, 3.63) is 54.1 Å². The van der Waals surface area contributed by atoms with Gasteiger partial charge in [0.25, 0.3) is 0 Å². The lowest BCUT2D eigenvalue weighted by molar-refractivity contribution is 0.501. The summed E-state index contributed by atoms with van der Waals surface area (Å²) in [7, 11) is 0. The molecule has 0 aliphatic heterocycles. The average molecular weight is 227 g/mol. The van der Waals surface area contributed by atoms with Gasteiger partial charge in [0.2, 0.25) is 0 Å². The minimum atomic E-state index is 0.537. The first-order chi connectivity index (χ1) is 8.43. The minimum Gasteiger partial charge on any atom is -0.336 e. The molecule has 1 N–H and O–H groups in total. The molecule has 0 saturated heterocycles. The summed E-state index contributed by atoms with van der Waals surface area (Å²) in [5.41, 5.74) is 2.99. The molecule has 3 rings (SSSR count). The molecule has 3 nitrogen and oxygen atoms in total. The zero-order chi connectivity index (χ0) is 11.5. The molecular weight excluding hydrogens is 210 g/mol. The molecule has 1 aliphatic carbocycles. The normalized spacial score (nSPS) is 18.2. The summed E-state index contributed by atoms with van der Waals surface area (Å²) in [6.07, 6.45) is 8.13. The summed E-state index contributed by atoms with van der Waals surface area (Å²) in [6, 6.07) is 9.29. The van der Waals surface area contributed by atoms with Crippen LogP contribution >= 0.6 is 0 Å². The van der Waals surface area contributed by atoms with Gasteiger partial charge in [0.05, 0.1) is 6.33 Å². The monoisotopic (exact) mass is 227 g/mol. The molecule has 1 unspecified atom stereocenters. The zero-order valence-corrected chi connectivity index (χ0v) is 9.84. The Balaban J connectivity index is 1.57. The third-order valence-corrected chi connectivity index (χ3v) is 3.45. The molecule has 1 aromatic carbocycles. The van der Waals surface area contributed by atoms with E-state index in [1.54, 1.807) is 0 Å². The van der Waals surface area contributed by atoms with E-state index < -0.39 is 0 Å². The van der Waals surface area contributed by atoms with Crippen molar-refractivity contribution in [2.45, 2.75) is 25.4 Å². The first-order valence-corrected chi connectivity index (χ1v) is 6.20. The molecule has 3 heteroatoms. The molecule has 1 atom stereocenters. The van der Waals surface area contributed by atoms with Crippen molar-refractivity contribution in [2.75, 3.05) is 6.54 Å². The zero-order valence-electron chi connectivity index (χ0n) is 9.84. The van der Waals surface area contributed by atoms with Crippen LogP contribution in [0.4, 0.5) is 0 Å². The highest BCUT2D eigenvalue weighted by Crippen LogP contribution is 2.30. The predicted octanol–water partition coefficient (Wildman–Crippen LogP) is 2.16. The summed E-state index contributed by atoms with van der Waals surface area (Å²) in [4.78, 5) is 4.04. The molecule has 0 spiro atoms. The Bertz CT molecular complexity index is 476. The van der Waals surface area contributed by atoms with Crippen LogP contribution in [-0.2, 0) is 13.0 Å². The van der Waals surface area contributed by atoms with Gasteiger partial charge >= 0.3 is 0 Å². The largest absolute Gasteiger partial charge is 0.336 e. The molecule has 17 heavy (non-hydrogen) atoms. The predicted molar refractivity (Wildman–Crippen MR) is 67.7 cm³/mol. The average Bonchev–Trinajstić information content (AvgIpc) is 2.99. The molecule has 2 aromatic rings. The van der Waals surface area contributed by atoms with Gasteiger partial charge in [-0.05, 0) is 24.0 Å². The Kier molecular flexibility index (Phi) is 2.92. The van der Waals surface area contributed by atoms with Crippen LogP contribution < -0.4 is 5.32 Å². The van der Waals surface area contributed by atoms with Crippen LogP contribution in [-0.4, -0.2) is 16.1 Å². The van der Waals surface area contributed by atoms with Gasteiger partial charge in [-0.2, -0.15) is 0 Å². The summed E-state index contributed by atoms with van der Waals surface area (Å²) in [6.45, 7) is 1.98. The molecule has 0 amide bonds. The van der Waals surface area contributed by atoms with Crippen LogP contribution in [0.25, 0.3) is 0 Å². The molecule has 0 radical (unpaired) electrons. The lowest BCUT2D eigenvalue weighted by Crippen LogP contribution is -2.23. The van der Waals surface area contributed by atoms with Crippen molar-refractivity contribution in [1.29, 1.82) is 0 Å². The number of aryl methyl sites for hydroxylation is 1. The standard InChI is InChI=1S/C14H17N3/c1-2-4-13-12(3-1)5-6-14(13)16-8-10-17-9-7-15-11-17/h1-4,7,9,11,14,16H,5-6,8,10H2. The third-order valence-electron chi connectivity index (χ3n) is 3.45. The SMILES string of the molecule is c1ccc2c(c1)CCC2NCCn1ccnc1. The van der Waals surface area contributed by atoms with Crippen molar-refractivity contribution in [3.8, 4) is 0 Å². The van der Waals surface area contributed by atoms with Crippen LogP contribution in [0.1, 0.15) is 23.6 Å². The maximum atomic E-state index is 4.04. The van der Waals surface area contributed by atoms with Crippen molar-refractivity contribution < 1.29 is 0 Å². The second-order valence-corrected chi connectivity index (χ2v) is 4.54. The number of hydrogen-bond donors (Lipinski definition) is 1. The third kappa shape index (κ3) is 2.24. The van der Waals surface area contributed by atoms with Gasteiger partial charge in [-0.25, -0.2) is 4.98 Å². The van der Waals surface area contributed by atoms with Crippen molar-refractivity contribution in [1.82, 2.24) is 14.9 Å². The fourth-order valence-corrected chi connectivity index (χ4v) is 2.56. The molecule has 1 aromatic heterocycles. The topological polar surface area (TPSA) is 29.9 Å². The summed E-state index contributed by atoms with van der Waals surface area (Å²) >= 11 is 0. The second-order valence-electron chi connectivity index (χ2n) is 4.54. The number of nitrogens with zero attached hydrogens (tertiary/aromatic N) is 2. The molecular formula is C14H17N3. The van der Waals surface area contributed by atoms with Gasteiger partial charge in [0, 0.05) is 31.5 Å². The highest BCUT2D eigenvalue weighted by Gasteiger charge is 2.20. The lowest BCUT2D eigenvalue weighted by atomic mass is 10.1. The Morgan fingerprint density at radius 2 is 2.29 bits per heavy atom. The maximum Gasteiger partial charge on any atom is 0.0946 e. The quantitative estimate of drug-likeness (QED) is 0.867. The molecule has 0 fully saturated rings. The second kappa shape index (κ2) is 4.72. The van der Waals surface area contributed by atoms with E-state index in [2.05, 4.69) is 39.1 Å². The van der Waals surface area contributed by atoms with Crippen molar-refractivity contribution >= 4 is 0 Å². The van der Waals surface area contributed by atoms with Gasteiger partial charge in [-0.3, -0.25) is 0 Å². The van der Waals surface area contributed by atoms with Gasteiger partial charge < -0.3 is 9.88 Å². The van der Waals surface area contributed by atoms with Gasteiger partial charge in [-0.15, -0.1) is 0 Å². The van der Waals surface area contributed by atoms with Crippen molar-refractivity contribution in [2.24, 2.45) is 0 Å². The van der Waals surface area contributed by atoms with Crippen LogP contribution in [0.5, 0.6) is 0 Å². The maximum absolute atomic E-state index is 4.04. The molecule has 88 valence electrons. The van der Waals surface area contributed by atoms with E-state index in [1.807, 2.05) is 18.7 Å². The van der Waals surface area contributed by atoms with E-state index >= 15 is 0 Å². The highest BCUT2D eigenvalue weighted by atomic mass is 15.0. The fourth-order valence-electron chi connectivity index (χ4n) is 2.56. The first kappa shape index (κ1) is 10.5.